The molecule has 1 fully saturated rings. The van der Waals surface area contributed by atoms with E-state index in [4.69, 9.17) is 18.9 Å². The Kier molecular flexibility index (Phi) is 15.0. The first-order valence-electron chi connectivity index (χ1n) is 25.8. The molecule has 380 valence electrons. The van der Waals surface area contributed by atoms with Gasteiger partial charge >= 0.3 is 432 Å². The summed E-state index contributed by atoms with van der Waals surface area (Å²) < 4.78 is 25.4. The molecular formula is C64H96GeO4. The van der Waals surface area contributed by atoms with Crippen LogP contribution in [0, 0.1) is 0 Å². The second-order valence-electron chi connectivity index (χ2n) is 28.9. The normalized spacial score (nSPS) is 16.2. The van der Waals surface area contributed by atoms with E-state index in [0.717, 1.165) is 35.8 Å². The van der Waals surface area contributed by atoms with Crippen molar-refractivity contribution < 1.29 is 18.9 Å². The van der Waals surface area contributed by atoms with Crippen LogP contribution < -0.4 is 18.9 Å². The average Bonchev–Trinajstić information content (AvgIpc) is 3.62. The molecule has 4 aromatic carbocycles. The van der Waals surface area contributed by atoms with Crippen LogP contribution in [0.15, 0.2) is 48.5 Å². The third-order valence-corrected chi connectivity index (χ3v) is 20.2. The van der Waals surface area contributed by atoms with Crippen LogP contribution in [0.3, 0.4) is 0 Å². The number of hydrogen-bond acceptors (Lipinski definition) is 4. The van der Waals surface area contributed by atoms with Crippen molar-refractivity contribution in [3.63, 3.8) is 0 Å². The summed E-state index contributed by atoms with van der Waals surface area (Å²) in [7, 11) is 7.46. The molecule has 0 spiro atoms. The summed E-state index contributed by atoms with van der Waals surface area (Å²) in [6.07, 6.45) is 1.96. The summed E-state index contributed by atoms with van der Waals surface area (Å²) in [5, 5.41) is 0. The van der Waals surface area contributed by atoms with Crippen LogP contribution in [0.1, 0.15) is 246 Å². The van der Waals surface area contributed by atoms with Gasteiger partial charge in [0.05, 0.1) is 0 Å². The van der Waals surface area contributed by atoms with Crippen LogP contribution in [0.4, 0.5) is 0 Å². The van der Waals surface area contributed by atoms with Gasteiger partial charge in [0.15, 0.2) is 0 Å². The number of ether oxygens (including phenoxy) is 4. The molecule has 1 aliphatic rings. The summed E-state index contributed by atoms with van der Waals surface area (Å²) >= 11 is -1.13. The van der Waals surface area contributed by atoms with Crippen molar-refractivity contribution in [2.75, 3.05) is 28.4 Å². The molecule has 1 heterocycles. The predicted octanol–water partition coefficient (Wildman–Crippen LogP) is 16.8. The standard InChI is InChI=1S/C64H96GeO4/c1-55(2,3)43-31-39(32-44(51(43)66-25)56(4,5)6)63(40-33-45(57(7,8)9)52(67-26)46(34-40)58(10,11)12)29-30-64(65-63,41-35-47(59(13,14)15)53(68-27)48(36-41)60(16,17)18)42-37-49(61(19,20)21)54(69-28)50(38-42)62(22,23)24/h31-38H,29-30H2,1-28H3. The molecule has 0 bridgehead atoms. The Hall–Kier alpha value is -3.38. The molecule has 2 radical (unpaired) electrons. The van der Waals surface area contributed by atoms with Gasteiger partial charge in [0.1, 0.15) is 0 Å². The quantitative estimate of drug-likeness (QED) is 0.165. The topological polar surface area (TPSA) is 36.9 Å². The molecule has 1 aliphatic heterocycles. The van der Waals surface area contributed by atoms with Gasteiger partial charge in [-0.1, -0.05) is 0 Å². The molecule has 69 heavy (non-hydrogen) atoms. The SMILES string of the molecule is COc1c(C(C)(C)C)cc([C]2(c3cc(C(C)(C)C)c(OC)c(C(C)(C)C)c3)CC[C](c3cc(C(C)(C)C)c(OC)c(C(C)(C)C)c3)(c3cc(C(C)(C)C)c(OC)c(C(C)(C)C)c3)[Ge]2)cc1C(C)(C)C. The number of hydrogen-bond donors (Lipinski definition) is 0. The fraction of sp³-hybridized carbons (Fsp3) is 0.625. The average molecular weight is 1000 g/mol. The van der Waals surface area contributed by atoms with E-state index < -0.39 is 15.4 Å². The Morgan fingerprint density at radius 1 is 0.275 bits per heavy atom. The van der Waals surface area contributed by atoms with Crippen LogP contribution in [0.25, 0.3) is 0 Å². The molecule has 0 unspecified atom stereocenters. The van der Waals surface area contributed by atoms with Crippen LogP contribution in [-0.4, -0.2) is 43.9 Å². The van der Waals surface area contributed by atoms with Gasteiger partial charge in [-0.15, -0.1) is 0 Å². The van der Waals surface area contributed by atoms with E-state index in [-0.39, 0.29) is 51.8 Å². The molecule has 0 N–H and O–H groups in total. The third kappa shape index (κ3) is 10.7. The first kappa shape index (κ1) is 56.5. The number of methoxy groups -OCH3 is 4. The summed E-state index contributed by atoms with van der Waals surface area (Å²) in [6, 6.07) is 20.6. The molecule has 0 saturated carbocycles. The zero-order chi connectivity index (χ0) is 52.8. The molecule has 0 aliphatic carbocycles. The van der Waals surface area contributed by atoms with Crippen LogP contribution >= 0.6 is 0 Å². The van der Waals surface area contributed by atoms with E-state index in [2.05, 4.69) is 215 Å². The van der Waals surface area contributed by atoms with Gasteiger partial charge in [-0.25, -0.2) is 0 Å². The maximum atomic E-state index is 6.52. The van der Waals surface area contributed by atoms with Crippen molar-refractivity contribution in [1.82, 2.24) is 0 Å². The molecule has 4 aromatic rings. The molecule has 4 nitrogen and oxygen atoms in total. The van der Waals surface area contributed by atoms with Crippen LogP contribution in [0.2, 0.25) is 0 Å². The minimum atomic E-state index is -1.13. The minimum absolute atomic E-state index is 0.177. The van der Waals surface area contributed by atoms with E-state index in [1.54, 1.807) is 0 Å². The first-order chi connectivity index (χ1) is 31.0. The zero-order valence-electron chi connectivity index (χ0n) is 49.2. The molecular weight excluding hydrogens is 905 g/mol. The van der Waals surface area contributed by atoms with Gasteiger partial charge in [-0.2, -0.15) is 0 Å². The second-order valence-corrected chi connectivity index (χ2v) is 33.0. The van der Waals surface area contributed by atoms with Gasteiger partial charge in [0.2, 0.25) is 0 Å². The fourth-order valence-corrected chi connectivity index (χ4v) is 15.9. The monoisotopic (exact) mass is 1000 g/mol. The summed E-state index contributed by atoms with van der Waals surface area (Å²) in [6.45, 7) is 56.4. The molecule has 0 amide bonds. The van der Waals surface area contributed by atoms with E-state index in [1.807, 2.05) is 28.4 Å². The van der Waals surface area contributed by atoms with Crippen molar-refractivity contribution in [3.05, 3.63) is 115 Å². The summed E-state index contributed by atoms with van der Waals surface area (Å²) in [4.78, 5) is 0. The van der Waals surface area contributed by atoms with Crippen molar-refractivity contribution in [2.45, 2.75) is 231 Å². The van der Waals surface area contributed by atoms with Crippen LogP contribution in [0.5, 0.6) is 23.0 Å². The molecule has 0 atom stereocenters. The van der Waals surface area contributed by atoms with E-state index in [1.165, 1.54) is 66.8 Å². The van der Waals surface area contributed by atoms with Gasteiger partial charge < -0.3 is 0 Å². The second kappa shape index (κ2) is 18.3. The van der Waals surface area contributed by atoms with E-state index in [0.29, 0.717) is 0 Å². The Morgan fingerprint density at radius 2 is 0.406 bits per heavy atom. The maximum absolute atomic E-state index is 6.52. The fourth-order valence-electron chi connectivity index (χ4n) is 10.9. The number of rotatable bonds is 8. The van der Waals surface area contributed by atoms with Crippen molar-refractivity contribution in [3.8, 4) is 23.0 Å². The van der Waals surface area contributed by atoms with Crippen LogP contribution in [-0.2, 0) is 51.8 Å². The van der Waals surface area contributed by atoms with Gasteiger partial charge in [-0.05, 0) is 0 Å². The Morgan fingerprint density at radius 3 is 0.507 bits per heavy atom. The number of benzene rings is 4. The third-order valence-electron chi connectivity index (χ3n) is 14.9. The van der Waals surface area contributed by atoms with E-state index in [9.17, 15) is 0 Å². The van der Waals surface area contributed by atoms with E-state index >= 15 is 0 Å². The van der Waals surface area contributed by atoms with Crippen molar-refractivity contribution in [1.29, 1.82) is 0 Å². The predicted molar refractivity (Wildman–Crippen MR) is 298 cm³/mol. The molecule has 5 rings (SSSR count). The molecule has 0 aromatic heterocycles. The Bertz CT molecular complexity index is 2050. The Balaban J connectivity index is 2.21. The molecule has 1 saturated heterocycles. The first-order valence-corrected chi connectivity index (χ1v) is 27.9. The Labute approximate surface area is 429 Å². The zero-order valence-corrected chi connectivity index (χ0v) is 51.3. The van der Waals surface area contributed by atoms with Gasteiger partial charge in [-0.3, -0.25) is 0 Å². The van der Waals surface area contributed by atoms with Crippen molar-refractivity contribution in [2.24, 2.45) is 0 Å². The molecule has 5 heteroatoms. The van der Waals surface area contributed by atoms with Crippen molar-refractivity contribution >= 4 is 15.4 Å². The van der Waals surface area contributed by atoms with Gasteiger partial charge in [0.25, 0.3) is 0 Å². The summed E-state index contributed by atoms with van der Waals surface area (Å²) in [5.74, 6) is 4.05. The van der Waals surface area contributed by atoms with Gasteiger partial charge in [0, 0.05) is 0 Å². The summed E-state index contributed by atoms with van der Waals surface area (Å²) in [5.41, 5.74) is 14.3.